The molecule has 0 unspecified atom stereocenters. The minimum absolute atomic E-state index is 0. The average Bonchev–Trinajstić information content (AvgIpc) is 0.783. The SMILES string of the molecule is CC.CC.CC.CC.CC.CC.CC.CC.CC.CC.CC.CC.CC.CC.CC.CC.CC.CC.CC(C)(C)c1ccc(-c2ccccc2)cc1.C[Si](C)(C)c1ccc(-c2ccccc2)cc1.Cc1[c-]cccc1-c1ccccc1.Cc1c[c-]cc(-c2ccccc2)c1.Cc1c[c-]ccc1-c1ccccc1.Fc1ccc(-c2ccccc2)cc1.[Y].[Y].[Y].[c-]1ccccc1.[c-]1ccccc1.[c-]1ccccc1. The van der Waals surface area contributed by atoms with E-state index in [0.717, 1.165) is 11.1 Å². The molecule has 141 heavy (non-hydrogen) atoms. The summed E-state index contributed by atoms with van der Waals surface area (Å²) in [7, 11) is -1.16. The molecule has 3 radical (unpaired) electrons. The first-order chi connectivity index (χ1) is 67.6. The smallest absolute Gasteiger partial charge is 0.123 e. The van der Waals surface area contributed by atoms with E-state index in [1.165, 1.54) is 95.2 Å². The van der Waals surface area contributed by atoms with Gasteiger partial charge in [-0.15, -0.1) is 16.7 Å². The molecule has 0 nitrogen and oxygen atoms in total. The maximum atomic E-state index is 12.6. The van der Waals surface area contributed by atoms with Crippen molar-refractivity contribution in [2.45, 2.75) is 316 Å². The molecule has 0 saturated carbocycles. The minimum atomic E-state index is -1.16. The molecule has 0 fully saturated rings. The number of hydrogen-bond acceptors (Lipinski definition) is 0. The summed E-state index contributed by atoms with van der Waals surface area (Å²) < 4.78 is 12.6. The zero-order valence-electron chi connectivity index (χ0n) is 98.2. The van der Waals surface area contributed by atoms with Crippen molar-refractivity contribution in [2.75, 3.05) is 0 Å². The summed E-state index contributed by atoms with van der Waals surface area (Å²) in [4.78, 5) is 0. The fourth-order valence-corrected chi connectivity index (χ4v) is 11.3. The first-order valence-electron chi connectivity index (χ1n) is 52.6. The van der Waals surface area contributed by atoms with Crippen LogP contribution in [0.4, 0.5) is 4.39 Å². The molecule has 0 aliphatic carbocycles. The number of rotatable bonds is 7. The van der Waals surface area contributed by atoms with Crippen LogP contribution in [0.5, 0.6) is 0 Å². The Hall–Kier alpha value is -8.24. The molecule has 0 aliphatic rings. The van der Waals surface area contributed by atoms with Crippen LogP contribution in [0, 0.1) is 63.0 Å². The van der Waals surface area contributed by atoms with Crippen molar-refractivity contribution in [3.05, 3.63) is 465 Å². The van der Waals surface area contributed by atoms with Crippen LogP contribution >= 0.6 is 0 Å². The van der Waals surface area contributed by atoms with Crippen LogP contribution in [0.15, 0.2) is 400 Å². The molecule has 0 spiro atoms. The summed E-state index contributed by atoms with van der Waals surface area (Å²) in [6.07, 6.45) is 0. The van der Waals surface area contributed by atoms with E-state index in [4.69, 9.17) is 0 Å². The fourth-order valence-electron chi connectivity index (χ4n) is 10.2. The van der Waals surface area contributed by atoms with Crippen LogP contribution in [0.1, 0.15) is 292 Å². The van der Waals surface area contributed by atoms with Crippen LogP contribution in [-0.2, 0) is 104 Å². The van der Waals surface area contributed by atoms with Gasteiger partial charge in [0.15, 0.2) is 0 Å². The molecule has 771 valence electrons. The topological polar surface area (TPSA) is 0 Å². The van der Waals surface area contributed by atoms with Gasteiger partial charge in [-0.3, -0.25) is 0 Å². The van der Waals surface area contributed by atoms with E-state index in [2.05, 4.69) is 292 Å². The summed E-state index contributed by atoms with van der Waals surface area (Å²) in [6, 6.07) is 152. The number of benzene rings is 15. The minimum Gasteiger partial charge on any atom is -0.207 e. The monoisotopic (exact) mass is 2150 g/mol. The maximum Gasteiger partial charge on any atom is 0.123 e. The van der Waals surface area contributed by atoms with E-state index in [1.807, 2.05) is 431 Å². The zero-order valence-corrected chi connectivity index (χ0v) is 108. The first kappa shape index (κ1) is 166. The molecule has 0 atom stereocenters. The van der Waals surface area contributed by atoms with E-state index < -0.39 is 8.07 Å². The third-order valence-electron chi connectivity index (χ3n) is 15.8. The van der Waals surface area contributed by atoms with Crippen LogP contribution in [0.3, 0.4) is 0 Å². The Bertz CT molecular complexity index is 4270. The summed E-state index contributed by atoms with van der Waals surface area (Å²) in [5.74, 6) is -0.195. The van der Waals surface area contributed by atoms with Crippen molar-refractivity contribution in [2.24, 2.45) is 0 Å². The van der Waals surface area contributed by atoms with Crippen molar-refractivity contribution in [1.29, 1.82) is 0 Å². The van der Waals surface area contributed by atoms with E-state index >= 15 is 0 Å². The van der Waals surface area contributed by atoms with Gasteiger partial charge in [0.05, 0.1) is 8.07 Å². The largest absolute Gasteiger partial charge is 0.207 e. The van der Waals surface area contributed by atoms with E-state index in [1.54, 1.807) is 12.1 Å². The Kier molecular flexibility index (Phi) is 158. The molecule has 0 bridgehead atoms. The molecule has 0 aliphatic heterocycles. The van der Waals surface area contributed by atoms with E-state index in [-0.39, 0.29) is 109 Å². The third kappa shape index (κ3) is 91.4. The Labute approximate surface area is 953 Å². The van der Waals surface area contributed by atoms with Gasteiger partial charge in [0.1, 0.15) is 5.82 Å². The second-order valence-electron chi connectivity index (χ2n) is 25.8. The maximum absolute atomic E-state index is 12.6. The second kappa shape index (κ2) is 134. The van der Waals surface area contributed by atoms with Gasteiger partial charge in [-0.1, -0.05) is 569 Å². The predicted molar refractivity (Wildman–Crippen MR) is 644 cm³/mol. The fraction of sp³-hybridized carbons (Fsp3) is 0.338. The first-order valence-corrected chi connectivity index (χ1v) is 56.1. The molecule has 0 aromatic heterocycles. The third-order valence-corrected chi connectivity index (χ3v) is 17.9. The van der Waals surface area contributed by atoms with Gasteiger partial charge < -0.3 is 0 Å². The predicted octanol–water partition coefficient (Wildman–Crippen LogP) is 45.4. The Morgan fingerprint density at radius 3 is 0.702 bits per heavy atom. The van der Waals surface area contributed by atoms with Crippen LogP contribution in [-0.4, -0.2) is 8.07 Å². The molecule has 15 aromatic rings. The number of hydrogen-bond donors (Lipinski definition) is 0. The standard InChI is InChI=1S/C16H18.C15H18Si.3C13H11.C12H9F.3C6H5.18C2H6.3Y/c2*1-16(2,3)15-11-9-14(10-12-15)13-7-5-4-6-8-13;2*1-11-7-5-6-10-13(11)12-8-3-2-4-9-12;1-11-6-5-9-13(10-11)12-7-3-2-4-8-12;13-12-8-6-11(7-9-12)10-4-2-1-3-5-10;3*1-2-4-6-5-3-1;18*1-2;;;/h2*4-12H,1-3H3;2-4,6-10H,1H3;2-6,8-10H,1H3;2-4,6-10H,1H3;1-9H;3*1-5H;18*1-2H3;;;/q;;3*-1;;3*-1;;;;;;;;;;;;;;;;;;;;;. The van der Waals surface area contributed by atoms with E-state index in [9.17, 15) is 4.39 Å². The quantitative estimate of drug-likeness (QED) is 0.110. The van der Waals surface area contributed by atoms with Crippen LogP contribution in [0.25, 0.3) is 66.8 Å². The van der Waals surface area contributed by atoms with Crippen molar-refractivity contribution in [3.8, 4) is 66.8 Å². The molecule has 0 heterocycles. The Morgan fingerprint density at radius 1 is 0.213 bits per heavy atom. The Balaban J connectivity index is -0.0000000942. The molecule has 0 N–H and O–H groups in total. The molecule has 15 rings (SSSR count). The molecule has 15 aromatic carbocycles. The van der Waals surface area contributed by atoms with Crippen LogP contribution < -0.4 is 5.19 Å². The molecule has 5 heteroatoms. The van der Waals surface area contributed by atoms with Crippen LogP contribution in [0.2, 0.25) is 19.6 Å². The second-order valence-corrected chi connectivity index (χ2v) is 30.9. The summed E-state index contributed by atoms with van der Waals surface area (Å²) in [5, 5.41) is 1.52. The number of halogens is 1. The van der Waals surface area contributed by atoms with Gasteiger partial charge in [0.2, 0.25) is 0 Å². The van der Waals surface area contributed by atoms with Crippen molar-refractivity contribution >= 4 is 13.3 Å². The zero-order chi connectivity index (χ0) is 108. The average molecular weight is 2150 g/mol. The summed E-state index contributed by atoms with van der Waals surface area (Å²) in [5.41, 5.74) is 20.2. The normalized spacial score (nSPS) is 8.04. The van der Waals surface area contributed by atoms with Gasteiger partial charge in [0.25, 0.3) is 0 Å². The van der Waals surface area contributed by atoms with Gasteiger partial charge in [-0.2, -0.15) is 199 Å². The molecular formula is C136H201FSiY3-6. The van der Waals surface area contributed by atoms with Crippen molar-refractivity contribution in [1.82, 2.24) is 0 Å². The Morgan fingerprint density at radius 2 is 0.461 bits per heavy atom. The van der Waals surface area contributed by atoms with Gasteiger partial charge in [-0.25, -0.2) is 4.39 Å². The molecule has 0 amide bonds. The summed E-state index contributed by atoms with van der Waals surface area (Å²) >= 11 is 0. The van der Waals surface area contributed by atoms with Gasteiger partial charge in [-0.05, 0) is 62.1 Å². The van der Waals surface area contributed by atoms with Gasteiger partial charge in [0, 0.05) is 98.1 Å². The number of aryl methyl sites for hydroxylation is 3. The van der Waals surface area contributed by atoms with Crippen molar-refractivity contribution in [3.63, 3.8) is 0 Å². The van der Waals surface area contributed by atoms with Gasteiger partial charge >= 0.3 is 0 Å². The molecular weight excluding hydrogens is 1950 g/mol. The van der Waals surface area contributed by atoms with Crippen molar-refractivity contribution < 1.29 is 103 Å². The van der Waals surface area contributed by atoms with E-state index in [0.29, 0.717) is 0 Å². The summed E-state index contributed by atoms with van der Waals surface area (Å²) in [6.45, 7) is 92.1. The molecule has 0 saturated heterocycles.